The molecule has 0 aliphatic carbocycles. The monoisotopic (exact) mass is 240 g/mol. The van der Waals surface area contributed by atoms with Gasteiger partial charge in [0.15, 0.2) is 0 Å². The number of hydrogen-bond acceptors (Lipinski definition) is 3. The second-order valence-electron chi connectivity index (χ2n) is 5.14. The van der Waals surface area contributed by atoms with Gasteiger partial charge in [-0.15, -0.1) is 6.58 Å². The Hall–Kier alpha value is -0.830. The van der Waals surface area contributed by atoms with Crippen molar-refractivity contribution in [3.05, 3.63) is 12.7 Å². The van der Waals surface area contributed by atoms with Crippen molar-refractivity contribution in [3.8, 4) is 0 Å². The number of carbonyl (C=O) groups is 1. The van der Waals surface area contributed by atoms with E-state index in [1.165, 1.54) is 0 Å². The van der Waals surface area contributed by atoms with Gasteiger partial charge in [-0.1, -0.05) is 6.08 Å². The lowest BCUT2D eigenvalue weighted by Crippen LogP contribution is -2.44. The maximum Gasteiger partial charge on any atom is 0.314 e. The minimum Gasteiger partial charge on any atom is -0.466 e. The Kier molecular flexibility index (Phi) is 5.19. The van der Waals surface area contributed by atoms with E-state index in [-0.39, 0.29) is 18.2 Å². The molecule has 0 amide bonds. The maximum atomic E-state index is 11.9. The highest BCUT2D eigenvalue weighted by atomic mass is 16.5. The van der Waals surface area contributed by atoms with Crippen molar-refractivity contribution < 1.29 is 14.3 Å². The second-order valence-corrected chi connectivity index (χ2v) is 5.14. The molecule has 3 nitrogen and oxygen atoms in total. The van der Waals surface area contributed by atoms with Gasteiger partial charge in [-0.05, 0) is 46.5 Å². The molecule has 1 aliphatic rings. The van der Waals surface area contributed by atoms with Crippen LogP contribution in [0.1, 0.15) is 46.5 Å². The summed E-state index contributed by atoms with van der Waals surface area (Å²) in [5.74, 6) is -0.163. The lowest BCUT2D eigenvalue weighted by molar-refractivity contribution is -0.170. The van der Waals surface area contributed by atoms with E-state index in [2.05, 4.69) is 6.58 Å². The van der Waals surface area contributed by atoms with Crippen molar-refractivity contribution in [2.24, 2.45) is 5.41 Å². The molecule has 0 saturated carbocycles. The van der Waals surface area contributed by atoms with Crippen LogP contribution in [-0.2, 0) is 14.3 Å². The Morgan fingerprint density at radius 1 is 1.53 bits per heavy atom. The highest BCUT2D eigenvalue weighted by Crippen LogP contribution is 2.34. The van der Waals surface area contributed by atoms with E-state index in [9.17, 15) is 4.79 Å². The molecule has 1 aliphatic heterocycles. The van der Waals surface area contributed by atoms with Gasteiger partial charge in [0.05, 0.1) is 24.2 Å². The number of rotatable bonds is 5. The molecule has 0 bridgehead atoms. The number of esters is 1. The highest BCUT2D eigenvalue weighted by Gasteiger charge is 2.41. The first-order valence-corrected chi connectivity index (χ1v) is 6.46. The summed E-state index contributed by atoms with van der Waals surface area (Å²) >= 11 is 0. The topological polar surface area (TPSA) is 35.5 Å². The van der Waals surface area contributed by atoms with Gasteiger partial charge in [-0.2, -0.15) is 0 Å². The molecule has 0 aromatic carbocycles. The van der Waals surface area contributed by atoms with Gasteiger partial charge in [-0.25, -0.2) is 0 Å². The van der Waals surface area contributed by atoms with Gasteiger partial charge in [0, 0.05) is 0 Å². The van der Waals surface area contributed by atoms with Crippen molar-refractivity contribution >= 4 is 5.97 Å². The molecule has 1 heterocycles. The van der Waals surface area contributed by atoms with Crippen LogP contribution in [0.3, 0.4) is 0 Å². The molecule has 0 aromatic rings. The smallest absolute Gasteiger partial charge is 0.314 e. The minimum absolute atomic E-state index is 0.0414. The number of carbonyl (C=O) groups excluding carboxylic acids is 1. The Morgan fingerprint density at radius 2 is 2.24 bits per heavy atom. The highest BCUT2D eigenvalue weighted by molar-refractivity contribution is 5.76. The van der Waals surface area contributed by atoms with Crippen LogP contribution in [0.5, 0.6) is 0 Å². The summed E-state index contributed by atoms with van der Waals surface area (Å²) in [7, 11) is 0. The van der Waals surface area contributed by atoms with Gasteiger partial charge in [0.1, 0.15) is 0 Å². The fraction of sp³-hybridized carbons (Fsp3) is 0.786. The third-order valence-corrected chi connectivity index (χ3v) is 3.39. The van der Waals surface area contributed by atoms with Gasteiger partial charge in [0.2, 0.25) is 0 Å². The van der Waals surface area contributed by atoms with Crippen LogP contribution in [0.25, 0.3) is 0 Å². The van der Waals surface area contributed by atoms with Crippen LogP contribution in [0, 0.1) is 5.41 Å². The predicted octanol–water partition coefficient (Wildman–Crippen LogP) is 3.09. The van der Waals surface area contributed by atoms with Crippen LogP contribution in [0.2, 0.25) is 0 Å². The summed E-state index contributed by atoms with van der Waals surface area (Å²) in [5.41, 5.74) is -0.560. The fourth-order valence-corrected chi connectivity index (χ4v) is 2.24. The summed E-state index contributed by atoms with van der Waals surface area (Å²) in [5, 5.41) is 0. The lowest BCUT2D eigenvalue weighted by atomic mass is 9.81. The minimum atomic E-state index is -0.560. The van der Waals surface area contributed by atoms with E-state index in [1.54, 1.807) is 0 Å². The summed E-state index contributed by atoms with van der Waals surface area (Å²) < 4.78 is 11.1. The Labute approximate surface area is 104 Å². The largest absolute Gasteiger partial charge is 0.466 e. The zero-order valence-corrected chi connectivity index (χ0v) is 11.2. The van der Waals surface area contributed by atoms with Gasteiger partial charge >= 0.3 is 5.97 Å². The molecule has 3 heteroatoms. The van der Waals surface area contributed by atoms with Crippen LogP contribution in [-0.4, -0.2) is 24.8 Å². The van der Waals surface area contributed by atoms with Crippen molar-refractivity contribution in [1.82, 2.24) is 0 Å². The van der Waals surface area contributed by atoms with Crippen molar-refractivity contribution in [2.75, 3.05) is 6.61 Å². The third kappa shape index (κ3) is 3.56. The van der Waals surface area contributed by atoms with E-state index >= 15 is 0 Å². The van der Waals surface area contributed by atoms with Crippen molar-refractivity contribution in [1.29, 1.82) is 0 Å². The van der Waals surface area contributed by atoms with Crippen molar-refractivity contribution in [3.63, 3.8) is 0 Å². The molecule has 1 rings (SSSR count). The normalized spacial score (nSPS) is 25.4. The maximum absolute atomic E-state index is 11.9. The molecule has 2 atom stereocenters. The molecule has 0 radical (unpaired) electrons. The molecule has 1 saturated heterocycles. The van der Waals surface area contributed by atoms with Gasteiger partial charge in [0.25, 0.3) is 0 Å². The van der Waals surface area contributed by atoms with E-state index in [0.717, 1.165) is 25.7 Å². The van der Waals surface area contributed by atoms with E-state index < -0.39 is 5.41 Å². The SMILES string of the molecule is C=CC[C@@H]1CCC[C@@H](C(C)(C)C(=O)OCC)O1. The molecule has 0 spiro atoms. The predicted molar refractivity (Wildman–Crippen MR) is 67.7 cm³/mol. The van der Waals surface area contributed by atoms with E-state index in [4.69, 9.17) is 9.47 Å². The van der Waals surface area contributed by atoms with Gasteiger partial charge < -0.3 is 9.47 Å². The first-order valence-electron chi connectivity index (χ1n) is 6.46. The van der Waals surface area contributed by atoms with Gasteiger partial charge in [-0.3, -0.25) is 4.79 Å². The lowest BCUT2D eigenvalue weighted by Gasteiger charge is -2.38. The average Bonchev–Trinajstić information content (AvgIpc) is 2.30. The van der Waals surface area contributed by atoms with Crippen molar-refractivity contribution in [2.45, 2.75) is 58.7 Å². The number of hydrogen-bond donors (Lipinski definition) is 0. The quantitative estimate of drug-likeness (QED) is 0.547. The molecular weight excluding hydrogens is 216 g/mol. The average molecular weight is 240 g/mol. The molecule has 1 fully saturated rings. The zero-order chi connectivity index (χ0) is 12.9. The first kappa shape index (κ1) is 14.2. The molecule has 17 heavy (non-hydrogen) atoms. The summed E-state index contributed by atoms with van der Waals surface area (Å²) in [6.45, 7) is 9.80. The van der Waals surface area contributed by atoms with Crippen LogP contribution >= 0.6 is 0 Å². The second kappa shape index (κ2) is 6.20. The van der Waals surface area contributed by atoms with E-state index in [1.807, 2.05) is 26.8 Å². The molecular formula is C14H24O3. The first-order chi connectivity index (χ1) is 8.02. The molecule has 98 valence electrons. The molecule has 0 N–H and O–H groups in total. The number of ether oxygens (including phenoxy) is 2. The van der Waals surface area contributed by atoms with Crippen LogP contribution < -0.4 is 0 Å². The van der Waals surface area contributed by atoms with Crippen LogP contribution in [0.4, 0.5) is 0 Å². The Morgan fingerprint density at radius 3 is 2.82 bits per heavy atom. The molecule has 0 unspecified atom stereocenters. The molecule has 0 aromatic heterocycles. The Bertz CT molecular complexity index is 271. The van der Waals surface area contributed by atoms with Crippen LogP contribution in [0.15, 0.2) is 12.7 Å². The fourth-order valence-electron chi connectivity index (χ4n) is 2.24. The Balaban J connectivity index is 2.63. The standard InChI is InChI=1S/C14H24O3/c1-5-8-11-9-7-10-12(17-11)14(3,4)13(15)16-6-2/h5,11-12H,1,6-10H2,2-4H3/t11-,12+/m1/s1. The third-order valence-electron chi connectivity index (χ3n) is 3.39. The summed E-state index contributed by atoms with van der Waals surface area (Å²) in [6.07, 6.45) is 5.99. The zero-order valence-electron chi connectivity index (χ0n) is 11.2. The summed E-state index contributed by atoms with van der Waals surface area (Å²) in [4.78, 5) is 11.9. The van der Waals surface area contributed by atoms with E-state index in [0.29, 0.717) is 6.61 Å². The summed E-state index contributed by atoms with van der Waals surface area (Å²) in [6, 6.07) is 0.